The molecule has 0 aliphatic heterocycles. The van der Waals surface area contributed by atoms with E-state index in [1.165, 1.54) is 12.1 Å². The number of thiocarbonyl (C=S) groups is 1. The van der Waals surface area contributed by atoms with Crippen LogP contribution in [0.25, 0.3) is 0 Å². The van der Waals surface area contributed by atoms with Gasteiger partial charge in [0.05, 0.1) is 7.11 Å². The summed E-state index contributed by atoms with van der Waals surface area (Å²) >= 11 is 5.24. The van der Waals surface area contributed by atoms with Crippen molar-refractivity contribution in [1.29, 1.82) is 0 Å². The Hall–Kier alpha value is -3.45. The number of ether oxygens (including phenoxy) is 2. The molecule has 0 fully saturated rings. The van der Waals surface area contributed by atoms with Crippen LogP contribution in [0.5, 0.6) is 11.5 Å². The van der Waals surface area contributed by atoms with Gasteiger partial charge in [0.25, 0.3) is 0 Å². The zero-order valence-electron chi connectivity index (χ0n) is 15.8. The van der Waals surface area contributed by atoms with Crippen LogP contribution >= 0.6 is 12.2 Å². The molecule has 29 heavy (non-hydrogen) atoms. The van der Waals surface area contributed by atoms with Crippen LogP contribution in [-0.2, 0) is 6.61 Å². The lowest BCUT2D eigenvalue weighted by atomic mass is 10.2. The Morgan fingerprint density at radius 3 is 2.52 bits per heavy atom. The molecule has 148 valence electrons. The first-order valence-corrected chi connectivity index (χ1v) is 9.31. The van der Waals surface area contributed by atoms with E-state index in [0.29, 0.717) is 23.2 Å². The molecule has 0 atom stereocenters. The minimum absolute atomic E-state index is 0.272. The molecular formula is C22H21FN3O2S+. The van der Waals surface area contributed by atoms with E-state index in [1.807, 2.05) is 48.5 Å². The van der Waals surface area contributed by atoms with E-state index in [4.69, 9.17) is 21.7 Å². The topological polar surface area (TPSA) is 56.5 Å². The van der Waals surface area contributed by atoms with Crippen molar-refractivity contribution in [2.45, 2.75) is 6.61 Å². The van der Waals surface area contributed by atoms with Gasteiger partial charge in [-0.05, 0) is 60.2 Å². The monoisotopic (exact) mass is 410 g/mol. The molecule has 3 N–H and O–H groups in total. The molecule has 0 spiro atoms. The second-order valence-electron chi connectivity index (χ2n) is 6.06. The number of nitrogens with one attached hydrogen (secondary N) is 3. The highest BCUT2D eigenvalue weighted by molar-refractivity contribution is 7.80. The third-order valence-electron chi connectivity index (χ3n) is 3.95. The van der Waals surface area contributed by atoms with E-state index >= 15 is 0 Å². The lowest BCUT2D eigenvalue weighted by Gasteiger charge is -2.11. The molecule has 0 aromatic heterocycles. The fourth-order valence-electron chi connectivity index (χ4n) is 2.50. The minimum atomic E-state index is -0.272. The predicted octanol–water partition coefficient (Wildman–Crippen LogP) is 2.81. The van der Waals surface area contributed by atoms with E-state index in [1.54, 1.807) is 25.5 Å². The second-order valence-corrected chi connectivity index (χ2v) is 6.47. The van der Waals surface area contributed by atoms with E-state index in [2.05, 4.69) is 15.8 Å². The maximum atomic E-state index is 13.0. The van der Waals surface area contributed by atoms with Crippen molar-refractivity contribution in [1.82, 2.24) is 5.43 Å². The number of benzene rings is 3. The summed E-state index contributed by atoms with van der Waals surface area (Å²) in [5.41, 5.74) is 5.53. The zero-order chi connectivity index (χ0) is 20.5. The van der Waals surface area contributed by atoms with Gasteiger partial charge in [0.15, 0.2) is 17.7 Å². The zero-order valence-corrected chi connectivity index (χ0v) is 16.6. The van der Waals surface area contributed by atoms with Crippen LogP contribution in [0.1, 0.15) is 11.1 Å². The Bertz CT molecular complexity index is 979. The van der Waals surface area contributed by atoms with Gasteiger partial charge in [0.2, 0.25) is 5.11 Å². The van der Waals surface area contributed by atoms with Gasteiger partial charge in [0, 0.05) is 11.3 Å². The molecule has 3 aromatic carbocycles. The first-order valence-electron chi connectivity index (χ1n) is 8.90. The van der Waals surface area contributed by atoms with Gasteiger partial charge in [-0.1, -0.05) is 30.3 Å². The van der Waals surface area contributed by atoms with Crippen LogP contribution in [0.15, 0.2) is 72.8 Å². The molecule has 0 aliphatic rings. The molecule has 0 amide bonds. The van der Waals surface area contributed by atoms with Crippen LogP contribution in [0.3, 0.4) is 0 Å². The number of hydrogen-bond acceptors (Lipinski definition) is 3. The normalized spacial score (nSPS) is 10.6. The summed E-state index contributed by atoms with van der Waals surface area (Å²) in [6, 6.07) is 21.4. The highest BCUT2D eigenvalue weighted by Gasteiger charge is 2.07. The summed E-state index contributed by atoms with van der Waals surface area (Å²) in [5, 5.41) is 6.45. The van der Waals surface area contributed by atoms with E-state index in [-0.39, 0.29) is 5.82 Å². The van der Waals surface area contributed by atoms with E-state index in [9.17, 15) is 4.39 Å². The number of rotatable bonds is 7. The Balaban J connectivity index is 1.56. The average Bonchev–Trinajstić information content (AvgIpc) is 2.74. The smallest absolute Gasteiger partial charge is 0.228 e. The molecule has 3 rings (SSSR count). The van der Waals surface area contributed by atoms with Crippen LogP contribution < -0.4 is 25.3 Å². The molecule has 0 bridgehead atoms. The van der Waals surface area contributed by atoms with Crippen molar-refractivity contribution in [2.24, 2.45) is 0 Å². The van der Waals surface area contributed by atoms with Crippen molar-refractivity contribution in [2.75, 3.05) is 12.4 Å². The Kier molecular flexibility index (Phi) is 7.13. The van der Waals surface area contributed by atoms with Crippen LogP contribution in [0.4, 0.5) is 10.1 Å². The van der Waals surface area contributed by atoms with Gasteiger partial charge in [0.1, 0.15) is 12.4 Å². The lowest BCUT2D eigenvalue weighted by molar-refractivity contribution is -0.499. The molecule has 3 aromatic rings. The molecule has 0 radical (unpaired) electrons. The summed E-state index contributed by atoms with van der Waals surface area (Å²) in [5.74, 6) is 0.918. The number of methoxy groups -OCH3 is 1. The first-order chi connectivity index (χ1) is 14.1. The SMILES string of the molecule is COc1cc(C=[NH+]NC(=S)Nc2ccccc2)ccc1OCc1ccc(F)cc1. The number of para-hydroxylation sites is 1. The molecule has 0 saturated carbocycles. The van der Waals surface area contributed by atoms with Gasteiger partial charge < -0.3 is 14.8 Å². The fraction of sp³-hybridized carbons (Fsp3) is 0.0909. The predicted molar refractivity (Wildman–Crippen MR) is 116 cm³/mol. The summed E-state index contributed by atoms with van der Waals surface area (Å²) in [7, 11) is 1.58. The van der Waals surface area contributed by atoms with E-state index < -0.39 is 0 Å². The maximum absolute atomic E-state index is 13.0. The quantitative estimate of drug-likeness (QED) is 0.318. The summed E-state index contributed by atoms with van der Waals surface area (Å²) in [6.45, 7) is 0.318. The number of halogens is 1. The average molecular weight is 410 g/mol. The molecule has 0 unspecified atom stereocenters. The van der Waals surface area contributed by atoms with Crippen LogP contribution in [0, 0.1) is 5.82 Å². The van der Waals surface area contributed by atoms with Crippen molar-refractivity contribution in [3.8, 4) is 11.5 Å². The molecule has 0 aliphatic carbocycles. The van der Waals surface area contributed by atoms with Crippen molar-refractivity contribution in [3.05, 3.63) is 89.7 Å². The molecule has 0 saturated heterocycles. The minimum Gasteiger partial charge on any atom is -0.493 e. The fourth-order valence-corrected chi connectivity index (χ4v) is 2.68. The Morgan fingerprint density at radius 1 is 1.03 bits per heavy atom. The molecule has 0 heterocycles. The van der Waals surface area contributed by atoms with Gasteiger partial charge in [-0.25, -0.2) is 4.39 Å². The van der Waals surface area contributed by atoms with Crippen molar-refractivity contribution in [3.63, 3.8) is 0 Å². The molecule has 7 heteroatoms. The Labute approximate surface area is 174 Å². The number of anilines is 1. The maximum Gasteiger partial charge on any atom is 0.228 e. The number of hydrogen-bond donors (Lipinski definition) is 3. The third kappa shape index (κ3) is 6.29. The van der Waals surface area contributed by atoms with E-state index in [0.717, 1.165) is 16.8 Å². The van der Waals surface area contributed by atoms with Crippen molar-refractivity contribution >= 4 is 29.2 Å². The Morgan fingerprint density at radius 2 is 1.79 bits per heavy atom. The lowest BCUT2D eigenvalue weighted by Crippen LogP contribution is -2.82. The van der Waals surface area contributed by atoms with Crippen molar-refractivity contribution < 1.29 is 19.0 Å². The van der Waals surface area contributed by atoms with Gasteiger partial charge >= 0.3 is 0 Å². The summed E-state index contributed by atoms with van der Waals surface area (Å²) < 4.78 is 24.2. The molecular weight excluding hydrogens is 389 g/mol. The third-order valence-corrected chi connectivity index (χ3v) is 4.16. The van der Waals surface area contributed by atoms with Gasteiger partial charge in [-0.2, -0.15) is 0 Å². The number of hydrazone groups is 1. The summed E-state index contributed by atoms with van der Waals surface area (Å²) in [6.07, 6.45) is 1.76. The van der Waals surface area contributed by atoms with Crippen LogP contribution in [0.2, 0.25) is 0 Å². The second kappa shape index (κ2) is 10.2. The molecule has 5 nitrogen and oxygen atoms in total. The van der Waals surface area contributed by atoms with Crippen LogP contribution in [-0.4, -0.2) is 18.4 Å². The standard InChI is InChI=1S/C22H20FN3O2S/c1-27-21-13-17(14-24-26-22(29)25-19-5-3-2-4-6-19)9-12-20(21)28-15-16-7-10-18(23)11-8-16/h2-14H,15H2,1H3,(H2,25,26,29)/p+1. The highest BCUT2D eigenvalue weighted by Crippen LogP contribution is 2.28. The number of hydrazine groups is 1. The highest BCUT2D eigenvalue weighted by atomic mass is 32.1. The summed E-state index contributed by atoms with van der Waals surface area (Å²) in [4.78, 5) is 0. The van der Waals surface area contributed by atoms with Gasteiger partial charge in [-0.3, -0.25) is 0 Å². The largest absolute Gasteiger partial charge is 0.493 e. The first kappa shape index (κ1) is 20.3. The van der Waals surface area contributed by atoms with Gasteiger partial charge in [-0.15, -0.1) is 10.5 Å².